The first-order valence-corrected chi connectivity index (χ1v) is 5.28. The average Bonchev–Trinajstić information content (AvgIpc) is 2.55. The van der Waals surface area contributed by atoms with Gasteiger partial charge in [0.25, 0.3) is 0 Å². The number of nitrogens with zero attached hydrogens (tertiary/aromatic N) is 1. The molecular formula is C11H12ClNO2. The largest absolute Gasteiger partial charge is 0.481 e. The van der Waals surface area contributed by atoms with Crippen molar-refractivity contribution in [2.24, 2.45) is 0 Å². The lowest BCUT2D eigenvalue weighted by Crippen LogP contribution is -2.23. The number of likely N-dealkylation sites (N-methyl/N-ethyl adjacent to an activating group) is 1. The molecule has 1 heterocycles. The Hall–Kier alpha value is -1.22. The molecule has 80 valence electrons. The van der Waals surface area contributed by atoms with Crippen molar-refractivity contribution in [3.8, 4) is 0 Å². The molecule has 0 spiro atoms. The molecule has 0 bridgehead atoms. The summed E-state index contributed by atoms with van der Waals surface area (Å²) in [5.41, 5.74) is 1.83. The molecule has 0 saturated heterocycles. The molecule has 0 saturated carbocycles. The third-order valence-electron chi connectivity index (χ3n) is 2.79. The quantitative estimate of drug-likeness (QED) is 0.840. The highest BCUT2D eigenvalue weighted by atomic mass is 35.5. The Morgan fingerprint density at radius 1 is 1.67 bits per heavy atom. The first-order valence-electron chi connectivity index (χ1n) is 4.90. The fourth-order valence-corrected chi connectivity index (χ4v) is 2.20. The Kier molecular flexibility index (Phi) is 2.57. The van der Waals surface area contributed by atoms with Crippen molar-refractivity contribution < 1.29 is 9.90 Å². The third-order valence-corrected chi connectivity index (χ3v) is 3.02. The van der Waals surface area contributed by atoms with Crippen LogP contribution < -0.4 is 4.90 Å². The highest BCUT2D eigenvalue weighted by Gasteiger charge is 2.32. The standard InChI is InChI=1S/C11H12ClNO2/c1-2-13-6-9(11(14)15)8-5-7(12)3-4-10(8)13/h3-5,9H,2,6H2,1H3,(H,14,15). The zero-order chi connectivity index (χ0) is 11.0. The van der Waals surface area contributed by atoms with E-state index in [1.165, 1.54) is 0 Å². The smallest absolute Gasteiger partial charge is 0.312 e. The van der Waals surface area contributed by atoms with Gasteiger partial charge in [0.1, 0.15) is 5.92 Å². The number of hydrogen-bond donors (Lipinski definition) is 1. The van der Waals surface area contributed by atoms with Crippen LogP contribution in [0.4, 0.5) is 5.69 Å². The molecule has 1 aliphatic rings. The number of carboxylic acids is 1. The van der Waals surface area contributed by atoms with Crippen LogP contribution in [0, 0.1) is 0 Å². The molecule has 1 unspecified atom stereocenters. The van der Waals surface area contributed by atoms with Gasteiger partial charge in [-0.25, -0.2) is 0 Å². The fourth-order valence-electron chi connectivity index (χ4n) is 2.02. The SMILES string of the molecule is CCN1CC(C(=O)O)c2cc(Cl)ccc21. The number of aliphatic carboxylic acids is 1. The highest BCUT2D eigenvalue weighted by molar-refractivity contribution is 6.30. The molecule has 1 aromatic rings. The van der Waals surface area contributed by atoms with Crippen molar-refractivity contribution in [2.75, 3.05) is 18.0 Å². The monoisotopic (exact) mass is 225 g/mol. The maximum Gasteiger partial charge on any atom is 0.312 e. The second-order valence-corrected chi connectivity index (χ2v) is 4.07. The second-order valence-electron chi connectivity index (χ2n) is 3.63. The van der Waals surface area contributed by atoms with Crippen LogP contribution >= 0.6 is 11.6 Å². The summed E-state index contributed by atoms with van der Waals surface area (Å²) in [6.07, 6.45) is 0. The molecule has 0 aliphatic carbocycles. The van der Waals surface area contributed by atoms with E-state index in [0.717, 1.165) is 17.8 Å². The van der Waals surface area contributed by atoms with Gasteiger partial charge in [-0.1, -0.05) is 11.6 Å². The average molecular weight is 226 g/mol. The molecule has 2 rings (SSSR count). The van der Waals surface area contributed by atoms with Crippen LogP contribution in [0.5, 0.6) is 0 Å². The lowest BCUT2D eigenvalue weighted by molar-refractivity contribution is -0.138. The van der Waals surface area contributed by atoms with Crippen LogP contribution in [0.15, 0.2) is 18.2 Å². The Morgan fingerprint density at radius 2 is 2.40 bits per heavy atom. The van der Waals surface area contributed by atoms with Crippen molar-refractivity contribution in [1.29, 1.82) is 0 Å². The van der Waals surface area contributed by atoms with E-state index in [2.05, 4.69) is 4.90 Å². The Balaban J connectivity index is 2.47. The third kappa shape index (κ3) is 1.67. The summed E-state index contributed by atoms with van der Waals surface area (Å²) in [4.78, 5) is 13.1. The number of rotatable bonds is 2. The van der Waals surface area contributed by atoms with Crippen molar-refractivity contribution >= 4 is 23.3 Å². The molecular weight excluding hydrogens is 214 g/mol. The minimum atomic E-state index is -0.783. The van der Waals surface area contributed by atoms with Gasteiger partial charge in [-0.2, -0.15) is 0 Å². The van der Waals surface area contributed by atoms with Crippen molar-refractivity contribution in [3.05, 3.63) is 28.8 Å². The summed E-state index contributed by atoms with van der Waals surface area (Å²) < 4.78 is 0. The van der Waals surface area contributed by atoms with Crippen LogP contribution in [-0.2, 0) is 4.79 Å². The number of fused-ring (bicyclic) bond motifs is 1. The lowest BCUT2D eigenvalue weighted by Gasteiger charge is -2.16. The van der Waals surface area contributed by atoms with E-state index in [-0.39, 0.29) is 0 Å². The molecule has 0 aromatic heterocycles. The van der Waals surface area contributed by atoms with Gasteiger partial charge in [-0.15, -0.1) is 0 Å². The summed E-state index contributed by atoms with van der Waals surface area (Å²) in [7, 11) is 0. The molecule has 0 radical (unpaired) electrons. The Morgan fingerprint density at radius 3 is 3.00 bits per heavy atom. The van der Waals surface area contributed by atoms with E-state index in [0.29, 0.717) is 11.6 Å². The fraction of sp³-hybridized carbons (Fsp3) is 0.364. The first-order chi connectivity index (χ1) is 7.13. The number of benzene rings is 1. The van der Waals surface area contributed by atoms with Gasteiger partial charge in [0, 0.05) is 23.8 Å². The number of anilines is 1. The van der Waals surface area contributed by atoms with Gasteiger partial charge in [-0.05, 0) is 30.7 Å². The van der Waals surface area contributed by atoms with Crippen molar-refractivity contribution in [2.45, 2.75) is 12.8 Å². The predicted octanol–water partition coefficient (Wildman–Crippen LogP) is 2.35. The number of carbonyl (C=O) groups is 1. The van der Waals surface area contributed by atoms with Crippen LogP contribution in [-0.4, -0.2) is 24.2 Å². The molecule has 3 nitrogen and oxygen atoms in total. The molecule has 1 N–H and O–H groups in total. The molecule has 1 atom stereocenters. The van der Waals surface area contributed by atoms with E-state index >= 15 is 0 Å². The van der Waals surface area contributed by atoms with Gasteiger partial charge < -0.3 is 10.0 Å². The zero-order valence-corrected chi connectivity index (χ0v) is 9.16. The van der Waals surface area contributed by atoms with E-state index in [9.17, 15) is 4.79 Å². The van der Waals surface area contributed by atoms with Crippen molar-refractivity contribution in [3.63, 3.8) is 0 Å². The van der Waals surface area contributed by atoms with E-state index in [1.54, 1.807) is 12.1 Å². The molecule has 0 fully saturated rings. The van der Waals surface area contributed by atoms with Gasteiger partial charge in [0.2, 0.25) is 0 Å². The molecule has 15 heavy (non-hydrogen) atoms. The minimum Gasteiger partial charge on any atom is -0.481 e. The van der Waals surface area contributed by atoms with Crippen LogP contribution in [0.1, 0.15) is 18.4 Å². The van der Waals surface area contributed by atoms with E-state index in [4.69, 9.17) is 16.7 Å². The topological polar surface area (TPSA) is 40.5 Å². The van der Waals surface area contributed by atoms with Crippen molar-refractivity contribution in [1.82, 2.24) is 0 Å². The molecule has 4 heteroatoms. The van der Waals surface area contributed by atoms with Gasteiger partial charge in [-0.3, -0.25) is 4.79 Å². The Bertz CT molecular complexity index is 406. The van der Waals surface area contributed by atoms with Crippen LogP contribution in [0.25, 0.3) is 0 Å². The lowest BCUT2D eigenvalue weighted by atomic mass is 10.0. The van der Waals surface area contributed by atoms with Gasteiger partial charge in [0.05, 0.1) is 0 Å². The summed E-state index contributed by atoms with van der Waals surface area (Å²) in [6, 6.07) is 5.45. The molecule has 0 amide bonds. The van der Waals surface area contributed by atoms with Gasteiger partial charge >= 0.3 is 5.97 Å². The van der Waals surface area contributed by atoms with Crippen LogP contribution in [0.3, 0.4) is 0 Å². The summed E-state index contributed by atoms with van der Waals surface area (Å²) in [6.45, 7) is 3.38. The highest BCUT2D eigenvalue weighted by Crippen LogP contribution is 2.37. The summed E-state index contributed by atoms with van der Waals surface area (Å²) in [5.74, 6) is -1.23. The second kappa shape index (κ2) is 3.74. The maximum atomic E-state index is 11.1. The number of carboxylic acid groups (broad SMARTS) is 1. The zero-order valence-electron chi connectivity index (χ0n) is 8.40. The predicted molar refractivity (Wildman–Crippen MR) is 59.7 cm³/mol. The molecule has 1 aliphatic heterocycles. The van der Waals surface area contributed by atoms with E-state index in [1.807, 2.05) is 13.0 Å². The summed E-state index contributed by atoms with van der Waals surface area (Å²) >= 11 is 5.87. The number of hydrogen-bond acceptors (Lipinski definition) is 2. The summed E-state index contributed by atoms with van der Waals surface area (Å²) in [5, 5.41) is 9.69. The minimum absolute atomic E-state index is 0.446. The first kappa shape index (κ1) is 10.3. The van der Waals surface area contributed by atoms with Crippen LogP contribution in [0.2, 0.25) is 5.02 Å². The van der Waals surface area contributed by atoms with Gasteiger partial charge in [0.15, 0.2) is 0 Å². The molecule has 1 aromatic carbocycles. The maximum absolute atomic E-state index is 11.1. The Labute approximate surface area is 93.3 Å². The normalized spacial score (nSPS) is 19.1. The number of halogens is 1. The van der Waals surface area contributed by atoms with E-state index < -0.39 is 11.9 Å².